The summed E-state index contributed by atoms with van der Waals surface area (Å²) in [7, 11) is 4.04. The Morgan fingerprint density at radius 1 is 1.00 bits per heavy atom. The van der Waals surface area contributed by atoms with Crippen molar-refractivity contribution in [3.63, 3.8) is 0 Å². The summed E-state index contributed by atoms with van der Waals surface area (Å²) < 4.78 is 10.8. The Hall–Kier alpha value is -3.33. The number of anilines is 2. The molecule has 0 radical (unpaired) electrons. The van der Waals surface area contributed by atoms with E-state index in [2.05, 4.69) is 22.0 Å². The third kappa shape index (κ3) is 5.67. The average molecular weight is 493 g/mol. The molecule has 0 amide bonds. The predicted molar refractivity (Wildman–Crippen MR) is 143 cm³/mol. The fraction of sp³-hybridized carbons (Fsp3) is 0.423. The Labute approximate surface area is 211 Å². The summed E-state index contributed by atoms with van der Waals surface area (Å²) in [5.74, 6) is 3.85. The van der Waals surface area contributed by atoms with Gasteiger partial charge in [0.25, 0.3) is 0 Å². The normalized spacial score (nSPS) is 18.8. The van der Waals surface area contributed by atoms with E-state index in [9.17, 15) is 0 Å². The summed E-state index contributed by atoms with van der Waals surface area (Å²) in [5, 5.41) is 12.0. The molecule has 5 rings (SSSR count). The highest BCUT2D eigenvalue weighted by Crippen LogP contribution is 2.32. The molecule has 1 saturated carbocycles. The van der Waals surface area contributed by atoms with E-state index in [4.69, 9.17) is 31.7 Å². The van der Waals surface area contributed by atoms with Crippen molar-refractivity contribution in [2.45, 2.75) is 38.3 Å². The van der Waals surface area contributed by atoms with Crippen LogP contribution in [0.15, 0.2) is 42.5 Å². The number of aromatic nitrogens is 2. The molecule has 1 aromatic heterocycles. The molecule has 3 aromatic rings. The summed E-state index contributed by atoms with van der Waals surface area (Å²) in [6.45, 7) is 1.83. The van der Waals surface area contributed by atoms with Crippen LogP contribution in [0.4, 0.5) is 11.8 Å². The maximum absolute atomic E-state index is 5.49. The van der Waals surface area contributed by atoms with Crippen LogP contribution in [0, 0.1) is 5.92 Å². The summed E-state index contributed by atoms with van der Waals surface area (Å²) >= 11 is 5.49. The second-order valence-electron chi connectivity index (χ2n) is 9.40. The molecule has 35 heavy (non-hydrogen) atoms. The first-order valence-electron chi connectivity index (χ1n) is 12.2. The van der Waals surface area contributed by atoms with Gasteiger partial charge in [0.15, 0.2) is 16.6 Å². The van der Waals surface area contributed by atoms with Crippen molar-refractivity contribution in [2.24, 2.45) is 5.92 Å². The van der Waals surface area contributed by atoms with Crippen LogP contribution in [0.2, 0.25) is 0 Å². The Bertz CT molecular complexity index is 1200. The number of fused-ring (bicyclic) bond motifs is 2. The summed E-state index contributed by atoms with van der Waals surface area (Å²) in [6.07, 6.45) is 4.47. The lowest BCUT2D eigenvalue weighted by atomic mass is 9.86. The van der Waals surface area contributed by atoms with Crippen LogP contribution >= 0.6 is 12.2 Å². The molecule has 9 heteroatoms. The van der Waals surface area contributed by atoms with Gasteiger partial charge in [-0.2, -0.15) is 4.98 Å². The highest BCUT2D eigenvalue weighted by Gasteiger charge is 2.22. The topological polar surface area (TPSA) is 83.6 Å². The number of hydrogen-bond acceptors (Lipinski definition) is 7. The van der Waals surface area contributed by atoms with Crippen LogP contribution in [-0.4, -0.2) is 48.6 Å². The number of ether oxygens (including phenoxy) is 2. The minimum Gasteiger partial charge on any atom is -0.454 e. The standard InChI is InChI=1S/C26H32N6O2S/c1-32(2)24-20-5-3-4-6-21(20)30-25(31-24)29-19-10-7-17(8-11-19)14-27-26(35)28-15-18-9-12-22-23(13-18)34-16-33-22/h3-6,9,12-13,17,19H,7-8,10-11,14-16H2,1-2H3,(H2,27,28,35)(H,29,30,31). The number of para-hydroxylation sites is 1. The second kappa shape index (κ2) is 10.5. The van der Waals surface area contributed by atoms with Gasteiger partial charge in [0.1, 0.15) is 5.82 Å². The molecule has 2 heterocycles. The zero-order chi connectivity index (χ0) is 24.2. The third-order valence-electron chi connectivity index (χ3n) is 6.63. The summed E-state index contributed by atoms with van der Waals surface area (Å²) in [5.41, 5.74) is 2.08. The number of thiocarbonyl (C=S) groups is 1. The van der Waals surface area contributed by atoms with Crippen molar-refractivity contribution in [2.75, 3.05) is 37.6 Å². The first-order chi connectivity index (χ1) is 17.0. The van der Waals surface area contributed by atoms with Gasteiger partial charge >= 0.3 is 0 Å². The number of nitrogens with one attached hydrogen (secondary N) is 3. The van der Waals surface area contributed by atoms with Crippen LogP contribution in [0.5, 0.6) is 11.5 Å². The maximum atomic E-state index is 5.49. The van der Waals surface area contributed by atoms with Crippen LogP contribution in [0.25, 0.3) is 10.9 Å². The molecular formula is C26H32N6O2S. The van der Waals surface area contributed by atoms with Crippen molar-refractivity contribution in [3.05, 3.63) is 48.0 Å². The van der Waals surface area contributed by atoms with Gasteiger partial charge in [0.05, 0.1) is 5.52 Å². The molecule has 8 nitrogen and oxygen atoms in total. The number of benzene rings is 2. The first-order valence-corrected chi connectivity index (χ1v) is 12.6. The maximum Gasteiger partial charge on any atom is 0.231 e. The highest BCUT2D eigenvalue weighted by molar-refractivity contribution is 7.80. The lowest BCUT2D eigenvalue weighted by molar-refractivity contribution is 0.174. The molecule has 3 N–H and O–H groups in total. The SMILES string of the molecule is CN(C)c1nc(NC2CCC(CNC(=S)NCc3ccc4c(c3)OCO4)CC2)nc2ccccc12. The van der Waals surface area contributed by atoms with Crippen molar-refractivity contribution in [1.29, 1.82) is 0 Å². The Kier molecular flexibility index (Phi) is 7.03. The van der Waals surface area contributed by atoms with Gasteiger partial charge in [-0.05, 0) is 73.6 Å². The van der Waals surface area contributed by atoms with Crippen molar-refractivity contribution >= 4 is 40.0 Å². The van der Waals surface area contributed by atoms with Crippen LogP contribution in [-0.2, 0) is 6.54 Å². The molecule has 0 atom stereocenters. The number of hydrogen-bond donors (Lipinski definition) is 3. The minimum atomic E-state index is 0.288. The van der Waals surface area contributed by atoms with Gasteiger partial charge in [-0.3, -0.25) is 0 Å². The molecule has 2 aromatic carbocycles. The number of nitrogens with zero attached hydrogens (tertiary/aromatic N) is 3. The molecule has 184 valence electrons. The van der Waals surface area contributed by atoms with Crippen molar-refractivity contribution in [3.8, 4) is 11.5 Å². The zero-order valence-electron chi connectivity index (χ0n) is 20.2. The predicted octanol–water partition coefficient (Wildman–Crippen LogP) is 4.06. The van der Waals surface area contributed by atoms with E-state index in [0.717, 1.165) is 66.0 Å². The zero-order valence-corrected chi connectivity index (χ0v) is 21.0. The minimum absolute atomic E-state index is 0.288. The van der Waals surface area contributed by atoms with E-state index in [1.54, 1.807) is 0 Å². The first kappa shape index (κ1) is 23.4. The van der Waals surface area contributed by atoms with Crippen LogP contribution in [0.1, 0.15) is 31.2 Å². The quantitative estimate of drug-likeness (QED) is 0.423. The monoisotopic (exact) mass is 492 g/mol. The van der Waals surface area contributed by atoms with E-state index in [1.807, 2.05) is 55.4 Å². The average Bonchev–Trinajstić information content (AvgIpc) is 3.34. The van der Waals surface area contributed by atoms with Gasteiger partial charge in [0.2, 0.25) is 12.7 Å². The molecule has 1 fully saturated rings. The van der Waals surface area contributed by atoms with Gasteiger partial charge in [0, 0.05) is 38.6 Å². The molecule has 0 bridgehead atoms. The second-order valence-corrected chi connectivity index (χ2v) is 9.80. The summed E-state index contributed by atoms with van der Waals surface area (Å²) in [4.78, 5) is 11.6. The van der Waals surface area contributed by atoms with E-state index in [0.29, 0.717) is 29.6 Å². The van der Waals surface area contributed by atoms with Crippen LogP contribution in [0.3, 0.4) is 0 Å². The van der Waals surface area contributed by atoms with Gasteiger partial charge in [-0.15, -0.1) is 0 Å². The molecule has 0 spiro atoms. The third-order valence-corrected chi connectivity index (χ3v) is 6.92. The molecule has 0 unspecified atom stereocenters. The fourth-order valence-electron chi connectivity index (χ4n) is 4.69. The van der Waals surface area contributed by atoms with Gasteiger partial charge < -0.3 is 30.3 Å². The number of rotatable bonds is 7. The van der Waals surface area contributed by atoms with E-state index >= 15 is 0 Å². The lowest BCUT2D eigenvalue weighted by Gasteiger charge is -2.29. The molecule has 1 aliphatic carbocycles. The Morgan fingerprint density at radius 2 is 1.80 bits per heavy atom. The van der Waals surface area contributed by atoms with Gasteiger partial charge in [-0.25, -0.2) is 4.98 Å². The summed E-state index contributed by atoms with van der Waals surface area (Å²) in [6, 6.07) is 14.5. The van der Waals surface area contributed by atoms with E-state index in [-0.39, 0.29) is 6.79 Å². The smallest absolute Gasteiger partial charge is 0.231 e. The van der Waals surface area contributed by atoms with E-state index < -0.39 is 0 Å². The Morgan fingerprint density at radius 3 is 2.63 bits per heavy atom. The van der Waals surface area contributed by atoms with Crippen LogP contribution < -0.4 is 30.3 Å². The lowest BCUT2D eigenvalue weighted by Crippen LogP contribution is -2.39. The van der Waals surface area contributed by atoms with E-state index in [1.165, 1.54) is 0 Å². The highest BCUT2D eigenvalue weighted by atomic mass is 32.1. The van der Waals surface area contributed by atoms with Crippen molar-refractivity contribution in [1.82, 2.24) is 20.6 Å². The molecule has 2 aliphatic rings. The van der Waals surface area contributed by atoms with Crippen molar-refractivity contribution < 1.29 is 9.47 Å². The van der Waals surface area contributed by atoms with Gasteiger partial charge in [-0.1, -0.05) is 18.2 Å². The molecule has 0 saturated heterocycles. The molecular weight excluding hydrogens is 460 g/mol. The fourth-order valence-corrected chi connectivity index (χ4v) is 4.85. The Balaban J connectivity index is 1.07. The largest absolute Gasteiger partial charge is 0.454 e. The molecule has 1 aliphatic heterocycles.